The molecule has 5 aliphatic rings. The summed E-state index contributed by atoms with van der Waals surface area (Å²) < 4.78 is 5.56. The quantitative estimate of drug-likeness (QED) is 0.517. The van der Waals surface area contributed by atoms with Gasteiger partial charge in [0.25, 0.3) is 0 Å². The molecular formula is C24H24O. The number of ether oxygens (including phenoxy) is 1. The number of rotatable bonds is 1. The molecule has 2 aromatic carbocycles. The molecular weight excluding hydrogens is 304 g/mol. The maximum Gasteiger partial charge on any atom is 0.119 e. The second-order valence-corrected chi connectivity index (χ2v) is 9.29. The predicted molar refractivity (Wildman–Crippen MR) is 99.7 cm³/mol. The fraction of sp³-hybridized carbons (Fsp3) is 0.500. The van der Waals surface area contributed by atoms with Gasteiger partial charge in [-0.25, -0.2) is 0 Å². The lowest BCUT2D eigenvalue weighted by atomic mass is 9.65. The average Bonchev–Trinajstić information content (AvgIpc) is 3.42. The molecule has 3 saturated carbocycles. The molecule has 0 spiro atoms. The first-order valence-electron chi connectivity index (χ1n) is 10.1. The molecule has 1 nitrogen and oxygen atoms in total. The van der Waals surface area contributed by atoms with Gasteiger partial charge < -0.3 is 4.74 Å². The van der Waals surface area contributed by atoms with E-state index in [0.29, 0.717) is 0 Å². The van der Waals surface area contributed by atoms with E-state index in [-0.39, 0.29) is 0 Å². The average molecular weight is 328 g/mol. The standard InChI is InChI=1S/C24H24O/c1-25-16-7-6-12-2-3-15-9-18-19-11-20(24(18)21(15)17(12)10-16)23-14-5-4-13(8-14)22(19)23/h2-7,10,13-14,18-20,22-24H,8-9,11H2,1H3. The second-order valence-electron chi connectivity index (χ2n) is 9.29. The fourth-order valence-corrected chi connectivity index (χ4v) is 8.19. The van der Waals surface area contributed by atoms with Crippen molar-refractivity contribution in [3.05, 3.63) is 53.6 Å². The van der Waals surface area contributed by atoms with Gasteiger partial charge in [-0.3, -0.25) is 0 Å². The summed E-state index contributed by atoms with van der Waals surface area (Å²) in [5.41, 5.74) is 3.35. The van der Waals surface area contributed by atoms with E-state index < -0.39 is 0 Å². The zero-order valence-electron chi connectivity index (χ0n) is 14.7. The van der Waals surface area contributed by atoms with E-state index in [9.17, 15) is 0 Å². The summed E-state index contributed by atoms with van der Waals surface area (Å²) in [5.74, 6) is 8.53. The summed E-state index contributed by atoms with van der Waals surface area (Å²) in [4.78, 5) is 0. The van der Waals surface area contributed by atoms with Gasteiger partial charge in [0, 0.05) is 0 Å². The van der Waals surface area contributed by atoms with Crippen LogP contribution in [-0.4, -0.2) is 7.11 Å². The molecule has 0 N–H and O–H groups in total. The normalized spacial score (nSPS) is 44.4. The Kier molecular flexibility index (Phi) is 2.32. The maximum atomic E-state index is 5.56. The van der Waals surface area contributed by atoms with Crippen molar-refractivity contribution in [2.75, 3.05) is 7.11 Å². The van der Waals surface area contributed by atoms with E-state index in [2.05, 4.69) is 42.5 Å². The Morgan fingerprint density at radius 2 is 1.68 bits per heavy atom. The molecule has 25 heavy (non-hydrogen) atoms. The van der Waals surface area contributed by atoms with Crippen LogP contribution < -0.4 is 4.74 Å². The van der Waals surface area contributed by atoms with E-state index in [1.807, 2.05) is 0 Å². The Balaban J connectivity index is 1.42. The van der Waals surface area contributed by atoms with Gasteiger partial charge in [0.15, 0.2) is 0 Å². The molecule has 126 valence electrons. The summed E-state index contributed by atoms with van der Waals surface area (Å²) in [6, 6.07) is 11.4. The van der Waals surface area contributed by atoms with Crippen LogP contribution in [0.2, 0.25) is 0 Å². The van der Waals surface area contributed by atoms with E-state index >= 15 is 0 Å². The van der Waals surface area contributed by atoms with Gasteiger partial charge in [-0.05, 0) is 101 Å². The van der Waals surface area contributed by atoms with Crippen LogP contribution in [0.1, 0.15) is 29.9 Å². The molecule has 4 bridgehead atoms. The van der Waals surface area contributed by atoms with Gasteiger partial charge in [0.05, 0.1) is 7.11 Å². The molecule has 0 saturated heterocycles. The molecule has 0 amide bonds. The lowest BCUT2D eigenvalue weighted by molar-refractivity contribution is 0.136. The van der Waals surface area contributed by atoms with Crippen LogP contribution in [0.5, 0.6) is 5.75 Å². The highest BCUT2D eigenvalue weighted by atomic mass is 16.5. The van der Waals surface area contributed by atoms with Gasteiger partial charge in [-0.2, -0.15) is 0 Å². The molecule has 0 radical (unpaired) electrons. The van der Waals surface area contributed by atoms with E-state index in [1.165, 1.54) is 30.0 Å². The highest BCUT2D eigenvalue weighted by Gasteiger charge is 2.66. The second kappa shape index (κ2) is 4.31. The van der Waals surface area contributed by atoms with Crippen LogP contribution in [0, 0.1) is 41.4 Å². The van der Waals surface area contributed by atoms with Crippen LogP contribution in [0.3, 0.4) is 0 Å². The summed E-state index contributed by atoms with van der Waals surface area (Å²) >= 11 is 0. The van der Waals surface area contributed by atoms with Crippen LogP contribution in [0.4, 0.5) is 0 Å². The number of hydrogen-bond acceptors (Lipinski definition) is 1. The fourth-order valence-electron chi connectivity index (χ4n) is 8.19. The van der Waals surface area contributed by atoms with Crippen molar-refractivity contribution in [1.82, 2.24) is 0 Å². The van der Waals surface area contributed by atoms with Crippen molar-refractivity contribution >= 4 is 10.8 Å². The first kappa shape index (κ1) is 13.4. The molecule has 0 aromatic heterocycles. The monoisotopic (exact) mass is 328 g/mol. The van der Waals surface area contributed by atoms with Crippen LogP contribution in [0.15, 0.2) is 42.5 Å². The van der Waals surface area contributed by atoms with Crippen molar-refractivity contribution in [2.45, 2.75) is 25.2 Å². The molecule has 7 rings (SSSR count). The molecule has 1 heteroatoms. The number of allylic oxidation sites excluding steroid dienone is 2. The topological polar surface area (TPSA) is 9.23 Å². The van der Waals surface area contributed by atoms with Gasteiger partial charge >= 0.3 is 0 Å². The third kappa shape index (κ3) is 1.45. The lowest BCUT2D eigenvalue weighted by Crippen LogP contribution is -2.34. The minimum atomic E-state index is 0.824. The SMILES string of the molecule is COc1ccc2ccc3c(c2c1)C1C(C3)C2CC1C1C3C=CC(C3)C21. The Hall–Kier alpha value is -1.76. The van der Waals surface area contributed by atoms with E-state index in [1.54, 1.807) is 18.2 Å². The first-order chi connectivity index (χ1) is 12.3. The number of methoxy groups -OCH3 is 1. The third-order valence-corrected chi connectivity index (χ3v) is 8.74. The zero-order valence-corrected chi connectivity index (χ0v) is 14.7. The van der Waals surface area contributed by atoms with Crippen molar-refractivity contribution in [1.29, 1.82) is 0 Å². The molecule has 0 heterocycles. The third-order valence-electron chi connectivity index (χ3n) is 8.74. The van der Waals surface area contributed by atoms with E-state index in [0.717, 1.165) is 53.1 Å². The van der Waals surface area contributed by atoms with E-state index in [4.69, 9.17) is 4.74 Å². The summed E-state index contributed by atoms with van der Waals surface area (Å²) in [7, 11) is 1.79. The zero-order chi connectivity index (χ0) is 16.3. The molecule has 2 aromatic rings. The lowest BCUT2D eigenvalue weighted by Gasteiger charge is -2.39. The first-order valence-corrected chi connectivity index (χ1v) is 10.1. The Morgan fingerprint density at radius 3 is 2.52 bits per heavy atom. The minimum absolute atomic E-state index is 0.824. The Morgan fingerprint density at radius 1 is 0.880 bits per heavy atom. The highest BCUT2D eigenvalue weighted by molar-refractivity contribution is 5.89. The maximum absolute atomic E-state index is 5.56. The largest absolute Gasteiger partial charge is 0.497 e. The van der Waals surface area contributed by atoms with Gasteiger partial charge in [0.1, 0.15) is 5.75 Å². The molecule has 8 atom stereocenters. The van der Waals surface area contributed by atoms with Crippen LogP contribution >= 0.6 is 0 Å². The highest BCUT2D eigenvalue weighted by Crippen LogP contribution is 2.73. The Labute approximate surface area is 149 Å². The molecule has 5 aliphatic carbocycles. The number of hydrogen-bond donors (Lipinski definition) is 0. The predicted octanol–water partition coefficient (Wildman–Crippen LogP) is 5.19. The van der Waals surface area contributed by atoms with Crippen molar-refractivity contribution < 1.29 is 4.74 Å². The molecule has 3 fully saturated rings. The summed E-state index contributed by atoms with van der Waals surface area (Å²) in [5, 5.41) is 2.87. The van der Waals surface area contributed by atoms with Gasteiger partial charge in [0.2, 0.25) is 0 Å². The van der Waals surface area contributed by atoms with Crippen LogP contribution in [-0.2, 0) is 6.42 Å². The smallest absolute Gasteiger partial charge is 0.119 e. The summed E-state index contributed by atoms with van der Waals surface area (Å²) in [6.07, 6.45) is 9.46. The number of benzene rings is 2. The molecule has 8 unspecified atom stereocenters. The van der Waals surface area contributed by atoms with Crippen molar-refractivity contribution in [3.63, 3.8) is 0 Å². The minimum Gasteiger partial charge on any atom is -0.497 e. The van der Waals surface area contributed by atoms with Crippen LogP contribution in [0.25, 0.3) is 10.8 Å². The number of fused-ring (bicyclic) bond motifs is 16. The van der Waals surface area contributed by atoms with Crippen molar-refractivity contribution in [2.24, 2.45) is 41.4 Å². The Bertz CT molecular complexity index is 941. The summed E-state index contributed by atoms with van der Waals surface area (Å²) in [6.45, 7) is 0. The van der Waals surface area contributed by atoms with Gasteiger partial charge in [-0.15, -0.1) is 0 Å². The molecule has 0 aliphatic heterocycles. The van der Waals surface area contributed by atoms with Gasteiger partial charge in [-0.1, -0.05) is 30.4 Å². The van der Waals surface area contributed by atoms with Crippen molar-refractivity contribution in [3.8, 4) is 5.75 Å².